The third-order valence-corrected chi connectivity index (χ3v) is 6.38. The maximum Gasteiger partial charge on any atom is 0.361 e. The van der Waals surface area contributed by atoms with Crippen molar-refractivity contribution < 1.29 is 18.4 Å². The predicted octanol–water partition coefficient (Wildman–Crippen LogP) is 3.97. The quantitative estimate of drug-likeness (QED) is 0.522. The summed E-state index contributed by atoms with van der Waals surface area (Å²) in [6, 6.07) is 16.5. The summed E-state index contributed by atoms with van der Waals surface area (Å²) in [7, 11) is -3.31. The maximum atomic E-state index is 12.8. The lowest BCUT2D eigenvalue weighted by Gasteiger charge is -2.17. The summed E-state index contributed by atoms with van der Waals surface area (Å²) in [6.07, 6.45) is 3.02. The van der Waals surface area contributed by atoms with Crippen LogP contribution in [0, 0.1) is 0 Å². The highest BCUT2D eigenvalue weighted by molar-refractivity contribution is 7.62. The van der Waals surface area contributed by atoms with E-state index in [-0.39, 0.29) is 5.91 Å². The zero-order chi connectivity index (χ0) is 21.4. The first-order valence-electron chi connectivity index (χ1n) is 9.70. The van der Waals surface area contributed by atoms with E-state index in [9.17, 15) is 9.36 Å². The Balaban J connectivity index is 1.61. The molecule has 0 aliphatic heterocycles. The van der Waals surface area contributed by atoms with Crippen LogP contribution in [-0.4, -0.2) is 29.1 Å². The highest BCUT2D eigenvalue weighted by atomic mass is 31.2. The molecule has 0 radical (unpaired) electrons. The Bertz CT molecular complexity index is 999. The highest BCUT2D eigenvalue weighted by Crippen LogP contribution is 2.46. The van der Waals surface area contributed by atoms with Crippen LogP contribution in [0.2, 0.25) is 0 Å². The van der Waals surface area contributed by atoms with E-state index in [0.29, 0.717) is 36.5 Å². The largest absolute Gasteiger partial charge is 0.361 e. The average molecular weight is 425 g/mol. The number of hydrogen-bond donors (Lipinski definition) is 1. The Labute approximate surface area is 176 Å². The van der Waals surface area contributed by atoms with Crippen LogP contribution < -0.4 is 10.6 Å². The van der Waals surface area contributed by atoms with E-state index >= 15 is 0 Å². The van der Waals surface area contributed by atoms with Gasteiger partial charge in [0.05, 0.1) is 24.1 Å². The summed E-state index contributed by atoms with van der Waals surface area (Å²) >= 11 is 0. The van der Waals surface area contributed by atoms with Crippen molar-refractivity contribution in [3.8, 4) is 11.4 Å². The Morgan fingerprint density at radius 3 is 2.10 bits per heavy atom. The molecular weight excluding hydrogens is 401 g/mol. The Kier molecular flexibility index (Phi) is 7.46. The SMILES string of the molecule is CCOP(=O)(OCC)c1ccc(CNC(=O)c2cnc(-c3ccccc3)nc2)cc1. The summed E-state index contributed by atoms with van der Waals surface area (Å²) in [4.78, 5) is 20.9. The summed E-state index contributed by atoms with van der Waals surface area (Å²) in [5.41, 5.74) is 2.12. The second-order valence-electron chi connectivity index (χ2n) is 6.34. The van der Waals surface area contributed by atoms with E-state index in [4.69, 9.17) is 9.05 Å². The third kappa shape index (κ3) is 5.39. The smallest absolute Gasteiger partial charge is 0.348 e. The van der Waals surface area contributed by atoms with E-state index in [1.807, 2.05) is 30.3 Å². The van der Waals surface area contributed by atoms with Crippen LogP contribution in [0.4, 0.5) is 0 Å². The molecule has 0 saturated heterocycles. The zero-order valence-electron chi connectivity index (χ0n) is 16.9. The van der Waals surface area contributed by atoms with Crippen LogP contribution >= 0.6 is 7.60 Å². The van der Waals surface area contributed by atoms with Crippen molar-refractivity contribution in [2.45, 2.75) is 20.4 Å². The van der Waals surface area contributed by atoms with Crippen molar-refractivity contribution in [3.63, 3.8) is 0 Å². The molecule has 0 aliphatic rings. The Morgan fingerprint density at radius 2 is 1.53 bits per heavy atom. The minimum absolute atomic E-state index is 0.270. The number of nitrogens with one attached hydrogen (secondary N) is 1. The summed E-state index contributed by atoms with van der Waals surface area (Å²) in [6.45, 7) is 4.44. The van der Waals surface area contributed by atoms with Gasteiger partial charge in [0.25, 0.3) is 5.91 Å². The average Bonchev–Trinajstić information content (AvgIpc) is 2.79. The fraction of sp³-hybridized carbons (Fsp3) is 0.227. The summed E-state index contributed by atoms with van der Waals surface area (Å²) < 4.78 is 23.5. The van der Waals surface area contributed by atoms with Crippen LogP contribution in [0.1, 0.15) is 29.8 Å². The van der Waals surface area contributed by atoms with Crippen molar-refractivity contribution in [1.29, 1.82) is 0 Å². The number of nitrogens with zero attached hydrogens (tertiary/aromatic N) is 2. The molecule has 8 heteroatoms. The second kappa shape index (κ2) is 10.3. The lowest BCUT2D eigenvalue weighted by atomic mass is 10.2. The normalized spacial score (nSPS) is 11.3. The third-order valence-electron chi connectivity index (χ3n) is 4.25. The van der Waals surface area contributed by atoms with Gasteiger partial charge >= 0.3 is 7.60 Å². The van der Waals surface area contributed by atoms with Crippen LogP contribution in [0.3, 0.4) is 0 Å². The van der Waals surface area contributed by atoms with Gasteiger partial charge in [-0.25, -0.2) is 9.97 Å². The first-order chi connectivity index (χ1) is 14.6. The van der Waals surface area contributed by atoms with Gasteiger partial charge in [0.2, 0.25) is 0 Å². The molecule has 1 heterocycles. The number of carbonyl (C=O) groups is 1. The van der Waals surface area contributed by atoms with Gasteiger partial charge in [0, 0.05) is 24.5 Å². The number of hydrogen-bond acceptors (Lipinski definition) is 6. The van der Waals surface area contributed by atoms with Gasteiger partial charge in [-0.05, 0) is 31.5 Å². The molecule has 3 rings (SSSR count). The van der Waals surface area contributed by atoms with E-state index in [2.05, 4.69) is 15.3 Å². The van der Waals surface area contributed by atoms with Crippen molar-refractivity contribution >= 4 is 18.8 Å². The van der Waals surface area contributed by atoms with E-state index < -0.39 is 7.60 Å². The molecular formula is C22H24N3O4P. The minimum Gasteiger partial charge on any atom is -0.348 e. The lowest BCUT2D eigenvalue weighted by Crippen LogP contribution is -2.23. The van der Waals surface area contributed by atoms with E-state index in [1.54, 1.807) is 38.1 Å². The number of aromatic nitrogens is 2. The topological polar surface area (TPSA) is 90.4 Å². The van der Waals surface area contributed by atoms with Gasteiger partial charge in [-0.15, -0.1) is 0 Å². The molecule has 1 N–H and O–H groups in total. The van der Waals surface area contributed by atoms with Crippen molar-refractivity contribution in [3.05, 3.63) is 78.1 Å². The zero-order valence-corrected chi connectivity index (χ0v) is 17.8. The monoisotopic (exact) mass is 425 g/mol. The first kappa shape index (κ1) is 21.8. The molecule has 0 spiro atoms. The number of rotatable bonds is 9. The molecule has 0 aliphatic carbocycles. The molecule has 0 fully saturated rings. The van der Waals surface area contributed by atoms with Gasteiger partial charge < -0.3 is 14.4 Å². The van der Waals surface area contributed by atoms with Crippen molar-refractivity contribution in [2.75, 3.05) is 13.2 Å². The first-order valence-corrected chi connectivity index (χ1v) is 11.2. The molecule has 0 unspecified atom stereocenters. The number of benzene rings is 2. The van der Waals surface area contributed by atoms with Gasteiger partial charge in [-0.2, -0.15) is 0 Å². The number of amides is 1. The molecule has 0 atom stereocenters. The van der Waals surface area contributed by atoms with Crippen molar-refractivity contribution in [1.82, 2.24) is 15.3 Å². The highest BCUT2D eigenvalue weighted by Gasteiger charge is 2.26. The second-order valence-corrected chi connectivity index (χ2v) is 8.37. The van der Waals surface area contributed by atoms with Gasteiger partial charge in [0.1, 0.15) is 0 Å². The van der Waals surface area contributed by atoms with Gasteiger partial charge in [-0.3, -0.25) is 9.36 Å². The fourth-order valence-corrected chi connectivity index (χ4v) is 4.36. The molecule has 3 aromatic rings. The molecule has 1 amide bonds. The van der Waals surface area contributed by atoms with Crippen LogP contribution in [0.5, 0.6) is 0 Å². The Morgan fingerprint density at radius 1 is 0.933 bits per heavy atom. The maximum absolute atomic E-state index is 12.8. The molecule has 156 valence electrons. The van der Waals surface area contributed by atoms with Crippen LogP contribution in [0.25, 0.3) is 11.4 Å². The molecule has 0 saturated carbocycles. The molecule has 7 nitrogen and oxygen atoms in total. The van der Waals surface area contributed by atoms with Crippen LogP contribution in [-0.2, 0) is 20.2 Å². The lowest BCUT2D eigenvalue weighted by molar-refractivity contribution is 0.0950. The molecule has 1 aromatic heterocycles. The predicted molar refractivity (Wildman–Crippen MR) is 116 cm³/mol. The van der Waals surface area contributed by atoms with Gasteiger partial charge in [-0.1, -0.05) is 42.5 Å². The van der Waals surface area contributed by atoms with E-state index in [1.165, 1.54) is 12.4 Å². The van der Waals surface area contributed by atoms with Gasteiger partial charge in [0.15, 0.2) is 5.82 Å². The van der Waals surface area contributed by atoms with Crippen molar-refractivity contribution in [2.24, 2.45) is 0 Å². The summed E-state index contributed by atoms with van der Waals surface area (Å²) in [5, 5.41) is 3.32. The molecule has 30 heavy (non-hydrogen) atoms. The Hall–Kier alpha value is -2.86. The summed E-state index contributed by atoms with van der Waals surface area (Å²) in [5.74, 6) is 0.295. The number of carbonyl (C=O) groups excluding carboxylic acids is 1. The van der Waals surface area contributed by atoms with Crippen LogP contribution in [0.15, 0.2) is 67.0 Å². The van der Waals surface area contributed by atoms with E-state index in [0.717, 1.165) is 11.1 Å². The minimum atomic E-state index is -3.31. The fourth-order valence-electron chi connectivity index (χ4n) is 2.79. The standard InChI is InChI=1S/C22H24N3O4P/c1-3-28-30(27,29-4-2)20-12-10-17(11-13-20)14-25-22(26)19-15-23-21(24-16-19)18-8-6-5-7-9-18/h5-13,15-16H,3-4,14H2,1-2H3,(H,25,26). The molecule has 0 bridgehead atoms. The molecule has 2 aromatic carbocycles.